The van der Waals surface area contributed by atoms with Gasteiger partial charge in [-0.05, 0) is 30.2 Å². The van der Waals surface area contributed by atoms with Gasteiger partial charge < -0.3 is 0 Å². The van der Waals surface area contributed by atoms with Gasteiger partial charge in [0.15, 0.2) is 0 Å². The highest BCUT2D eigenvalue weighted by Crippen LogP contribution is 2.27. The lowest BCUT2D eigenvalue weighted by molar-refractivity contribution is 1.11. The van der Waals surface area contributed by atoms with E-state index < -0.39 is 0 Å². The Balaban J connectivity index is 2.54. The Hall–Kier alpha value is -1.41. The molecule has 0 saturated heterocycles. The molecule has 2 nitrogen and oxygen atoms in total. The second kappa shape index (κ2) is 4.41. The molecule has 0 aliphatic carbocycles. The van der Waals surface area contributed by atoms with Crippen molar-refractivity contribution in [2.24, 2.45) is 0 Å². The van der Waals surface area contributed by atoms with Crippen molar-refractivity contribution in [3.8, 4) is 11.4 Å². The summed E-state index contributed by atoms with van der Waals surface area (Å²) in [6.45, 7) is 2.07. The van der Waals surface area contributed by atoms with Gasteiger partial charge in [0.2, 0.25) is 0 Å². The third-order valence-corrected chi connectivity index (χ3v) is 2.68. The molecule has 0 saturated carbocycles. The van der Waals surface area contributed by atoms with Crippen LogP contribution in [0.4, 0.5) is 0 Å². The molecule has 0 radical (unpaired) electrons. The quantitative estimate of drug-likeness (QED) is 0.773. The minimum atomic E-state index is 0.707. The first-order valence-electron chi connectivity index (χ1n) is 4.87. The van der Waals surface area contributed by atoms with E-state index in [2.05, 4.69) is 16.9 Å². The zero-order valence-corrected chi connectivity index (χ0v) is 9.20. The van der Waals surface area contributed by atoms with Crippen LogP contribution in [0.15, 0.2) is 36.7 Å². The Labute approximate surface area is 94.0 Å². The highest BCUT2D eigenvalue weighted by Gasteiger charge is 2.08. The van der Waals surface area contributed by atoms with Crippen molar-refractivity contribution < 1.29 is 0 Å². The van der Waals surface area contributed by atoms with Crippen LogP contribution in [-0.2, 0) is 6.42 Å². The molecule has 2 aromatic rings. The second-order valence-corrected chi connectivity index (χ2v) is 3.58. The van der Waals surface area contributed by atoms with Crippen LogP contribution in [0.25, 0.3) is 11.4 Å². The van der Waals surface area contributed by atoms with E-state index in [1.807, 2.05) is 24.3 Å². The Morgan fingerprint density at radius 3 is 2.67 bits per heavy atom. The molecular formula is C12H11ClN2. The van der Waals surface area contributed by atoms with Gasteiger partial charge in [0, 0.05) is 12.4 Å². The molecule has 2 rings (SSSR count). The standard InChI is InChI=1S/C12H11ClN2/c1-2-9-6-8-15-12(11(9)13)10-5-3-4-7-14-10/h3-8H,2H2,1H3. The number of halogens is 1. The SMILES string of the molecule is CCc1ccnc(-c2ccccn2)c1Cl. The summed E-state index contributed by atoms with van der Waals surface area (Å²) in [5.74, 6) is 0. The maximum atomic E-state index is 6.24. The van der Waals surface area contributed by atoms with Gasteiger partial charge in [0.1, 0.15) is 5.69 Å². The zero-order chi connectivity index (χ0) is 10.7. The second-order valence-electron chi connectivity index (χ2n) is 3.20. The molecule has 0 amide bonds. The monoisotopic (exact) mass is 218 g/mol. The summed E-state index contributed by atoms with van der Waals surface area (Å²) in [5.41, 5.74) is 2.68. The lowest BCUT2D eigenvalue weighted by atomic mass is 10.1. The molecule has 2 aromatic heterocycles. The summed E-state index contributed by atoms with van der Waals surface area (Å²) < 4.78 is 0. The summed E-state index contributed by atoms with van der Waals surface area (Å²) in [5, 5.41) is 0.707. The van der Waals surface area contributed by atoms with E-state index in [9.17, 15) is 0 Å². The van der Waals surface area contributed by atoms with Crippen LogP contribution in [0, 0.1) is 0 Å². The summed E-state index contributed by atoms with van der Waals surface area (Å²) in [6, 6.07) is 7.66. The number of hydrogen-bond donors (Lipinski definition) is 0. The highest BCUT2D eigenvalue weighted by molar-refractivity contribution is 6.33. The van der Waals surface area contributed by atoms with E-state index in [0.717, 1.165) is 23.4 Å². The minimum absolute atomic E-state index is 0.707. The van der Waals surface area contributed by atoms with Gasteiger partial charge in [-0.3, -0.25) is 9.97 Å². The van der Waals surface area contributed by atoms with Gasteiger partial charge in [-0.15, -0.1) is 0 Å². The van der Waals surface area contributed by atoms with Crippen LogP contribution in [0.1, 0.15) is 12.5 Å². The average Bonchev–Trinajstić information content (AvgIpc) is 2.30. The van der Waals surface area contributed by atoms with Crippen LogP contribution < -0.4 is 0 Å². The first-order chi connectivity index (χ1) is 7.33. The smallest absolute Gasteiger partial charge is 0.107 e. The third-order valence-electron chi connectivity index (χ3n) is 2.26. The van der Waals surface area contributed by atoms with Gasteiger partial charge >= 0.3 is 0 Å². The Morgan fingerprint density at radius 2 is 2.00 bits per heavy atom. The molecule has 0 bridgehead atoms. The van der Waals surface area contributed by atoms with Crippen LogP contribution in [0.3, 0.4) is 0 Å². The maximum Gasteiger partial charge on any atom is 0.107 e. The lowest BCUT2D eigenvalue weighted by Gasteiger charge is -2.05. The molecule has 15 heavy (non-hydrogen) atoms. The number of hydrogen-bond acceptors (Lipinski definition) is 2. The van der Waals surface area contributed by atoms with Crippen molar-refractivity contribution >= 4 is 11.6 Å². The Morgan fingerprint density at radius 1 is 1.13 bits per heavy atom. The molecule has 0 aliphatic rings. The molecule has 0 aliphatic heterocycles. The van der Waals surface area contributed by atoms with E-state index in [0.29, 0.717) is 5.02 Å². The Bertz CT molecular complexity index is 454. The fraction of sp³-hybridized carbons (Fsp3) is 0.167. The summed E-state index contributed by atoms with van der Waals surface area (Å²) in [7, 11) is 0. The molecule has 3 heteroatoms. The van der Waals surface area contributed by atoms with Crippen molar-refractivity contribution in [3.63, 3.8) is 0 Å². The third kappa shape index (κ3) is 2.00. The summed E-state index contributed by atoms with van der Waals surface area (Å²) in [4.78, 5) is 8.50. The van der Waals surface area contributed by atoms with Crippen molar-refractivity contribution in [1.29, 1.82) is 0 Å². The molecule has 0 fully saturated rings. The van der Waals surface area contributed by atoms with E-state index in [1.54, 1.807) is 12.4 Å². The molecule has 0 spiro atoms. The van der Waals surface area contributed by atoms with Gasteiger partial charge in [0.05, 0.1) is 10.7 Å². The fourth-order valence-electron chi connectivity index (χ4n) is 1.44. The molecular weight excluding hydrogens is 208 g/mol. The lowest BCUT2D eigenvalue weighted by Crippen LogP contribution is -1.91. The van der Waals surface area contributed by atoms with Gasteiger partial charge in [0.25, 0.3) is 0 Å². The van der Waals surface area contributed by atoms with Crippen LogP contribution in [-0.4, -0.2) is 9.97 Å². The van der Waals surface area contributed by atoms with E-state index in [-0.39, 0.29) is 0 Å². The average molecular weight is 219 g/mol. The van der Waals surface area contributed by atoms with E-state index in [4.69, 9.17) is 11.6 Å². The van der Waals surface area contributed by atoms with Crippen molar-refractivity contribution in [1.82, 2.24) is 9.97 Å². The Kier molecular flexibility index (Phi) is 2.97. The largest absolute Gasteiger partial charge is 0.255 e. The molecule has 0 N–H and O–H groups in total. The minimum Gasteiger partial charge on any atom is -0.255 e. The van der Waals surface area contributed by atoms with Gasteiger partial charge in [-0.2, -0.15) is 0 Å². The first-order valence-corrected chi connectivity index (χ1v) is 5.25. The molecule has 76 valence electrons. The number of aryl methyl sites for hydroxylation is 1. The summed E-state index contributed by atoms with van der Waals surface area (Å²) in [6.07, 6.45) is 4.42. The van der Waals surface area contributed by atoms with Crippen molar-refractivity contribution in [2.75, 3.05) is 0 Å². The maximum absolute atomic E-state index is 6.24. The molecule has 0 atom stereocenters. The number of rotatable bonds is 2. The molecule has 2 heterocycles. The van der Waals surface area contributed by atoms with Crippen LogP contribution >= 0.6 is 11.6 Å². The normalized spacial score (nSPS) is 10.3. The van der Waals surface area contributed by atoms with Gasteiger partial charge in [-0.25, -0.2) is 0 Å². The summed E-state index contributed by atoms with van der Waals surface area (Å²) >= 11 is 6.24. The number of nitrogens with zero attached hydrogens (tertiary/aromatic N) is 2. The van der Waals surface area contributed by atoms with E-state index in [1.165, 1.54) is 0 Å². The highest BCUT2D eigenvalue weighted by atomic mass is 35.5. The number of pyridine rings is 2. The van der Waals surface area contributed by atoms with Crippen LogP contribution in [0.2, 0.25) is 5.02 Å². The van der Waals surface area contributed by atoms with Crippen molar-refractivity contribution in [2.45, 2.75) is 13.3 Å². The fourth-order valence-corrected chi connectivity index (χ4v) is 1.78. The van der Waals surface area contributed by atoms with Gasteiger partial charge in [-0.1, -0.05) is 24.6 Å². The number of aromatic nitrogens is 2. The van der Waals surface area contributed by atoms with E-state index >= 15 is 0 Å². The molecule has 0 unspecified atom stereocenters. The topological polar surface area (TPSA) is 25.8 Å². The van der Waals surface area contributed by atoms with Crippen LogP contribution in [0.5, 0.6) is 0 Å². The molecule has 0 aromatic carbocycles. The van der Waals surface area contributed by atoms with Crippen molar-refractivity contribution in [3.05, 3.63) is 47.2 Å². The zero-order valence-electron chi connectivity index (χ0n) is 8.44. The predicted molar refractivity (Wildman–Crippen MR) is 61.9 cm³/mol. The predicted octanol–water partition coefficient (Wildman–Crippen LogP) is 3.36. The first kappa shape index (κ1) is 10.1.